The Kier molecular flexibility index (Phi) is 7.17. The number of anilines is 1. The fraction of sp³-hybridized carbons (Fsp3) is 0.429. The van der Waals surface area contributed by atoms with Crippen LogP contribution >= 0.6 is 12.2 Å². The first-order valence-electron chi connectivity index (χ1n) is 9.87. The van der Waals surface area contributed by atoms with E-state index in [2.05, 4.69) is 15.3 Å². The number of amides is 1. The first-order chi connectivity index (χ1) is 14.3. The van der Waals surface area contributed by atoms with E-state index in [0.717, 1.165) is 17.2 Å². The smallest absolute Gasteiger partial charge is 0.254 e. The van der Waals surface area contributed by atoms with Crippen LogP contribution < -0.4 is 15.8 Å². The van der Waals surface area contributed by atoms with Gasteiger partial charge in [0.1, 0.15) is 18.5 Å². The lowest BCUT2D eigenvalue weighted by atomic mass is 10.1. The first kappa shape index (κ1) is 21.9. The van der Waals surface area contributed by atoms with Gasteiger partial charge in [-0.2, -0.15) is 4.98 Å². The number of rotatable bonds is 6. The topological polar surface area (TPSA) is 103 Å². The maximum atomic E-state index is 12.9. The van der Waals surface area contributed by atoms with Gasteiger partial charge in [-0.15, -0.1) is 0 Å². The van der Waals surface area contributed by atoms with Crippen molar-refractivity contribution in [1.82, 2.24) is 14.9 Å². The van der Waals surface area contributed by atoms with Crippen LogP contribution in [0.15, 0.2) is 30.3 Å². The van der Waals surface area contributed by atoms with Gasteiger partial charge in [0.2, 0.25) is 5.88 Å². The Labute approximate surface area is 181 Å². The monoisotopic (exact) mass is 429 g/mol. The number of carbonyl (C=O) groups is 1. The third-order valence-corrected chi connectivity index (χ3v) is 4.71. The van der Waals surface area contributed by atoms with Crippen LogP contribution in [0.2, 0.25) is 0 Å². The second-order valence-electron chi connectivity index (χ2n) is 7.48. The second kappa shape index (κ2) is 9.82. The number of aromatic nitrogens is 2. The molecule has 1 aliphatic rings. The standard InChI is InChI=1S/C21H27N5O3S/c1-13(2)19-23-14(3)10-18(25-19)29-12-17-11-26(8-9-28-17)20(27)15-4-6-16(7-5-15)24-21(22)30/h4-7,10,13,17H,8-9,11-12H2,1-3H3,(H3,22,24,30). The number of hydrogen-bond donors (Lipinski definition) is 2. The minimum atomic E-state index is -0.226. The lowest BCUT2D eigenvalue weighted by Gasteiger charge is -2.32. The molecule has 1 amide bonds. The molecule has 0 bridgehead atoms. The summed E-state index contributed by atoms with van der Waals surface area (Å²) < 4.78 is 11.6. The molecule has 1 aromatic heterocycles. The van der Waals surface area contributed by atoms with Gasteiger partial charge in [-0.3, -0.25) is 4.79 Å². The molecule has 1 aromatic carbocycles. The fourth-order valence-corrected chi connectivity index (χ4v) is 3.22. The number of morpholine rings is 1. The van der Waals surface area contributed by atoms with Gasteiger partial charge in [-0.25, -0.2) is 4.98 Å². The predicted octanol–water partition coefficient (Wildman–Crippen LogP) is 2.48. The summed E-state index contributed by atoms with van der Waals surface area (Å²) in [6, 6.07) is 8.86. The summed E-state index contributed by atoms with van der Waals surface area (Å²) in [5.74, 6) is 1.44. The number of hydrogen-bond acceptors (Lipinski definition) is 6. The van der Waals surface area contributed by atoms with E-state index in [1.807, 2.05) is 20.8 Å². The molecule has 160 valence electrons. The van der Waals surface area contributed by atoms with Gasteiger partial charge in [0.05, 0.1) is 13.2 Å². The molecule has 1 fully saturated rings. The van der Waals surface area contributed by atoms with E-state index >= 15 is 0 Å². The summed E-state index contributed by atoms with van der Waals surface area (Å²) in [6.07, 6.45) is -0.226. The van der Waals surface area contributed by atoms with E-state index < -0.39 is 0 Å². The Morgan fingerprint density at radius 2 is 2.10 bits per heavy atom. The van der Waals surface area contributed by atoms with Crippen LogP contribution in [0.5, 0.6) is 5.88 Å². The Bertz CT molecular complexity index is 904. The quantitative estimate of drug-likeness (QED) is 0.675. The molecule has 0 radical (unpaired) electrons. The van der Waals surface area contributed by atoms with Crippen molar-refractivity contribution in [2.45, 2.75) is 32.8 Å². The highest BCUT2D eigenvalue weighted by Crippen LogP contribution is 2.17. The predicted molar refractivity (Wildman–Crippen MR) is 119 cm³/mol. The summed E-state index contributed by atoms with van der Waals surface area (Å²) in [5, 5.41) is 3.03. The summed E-state index contributed by atoms with van der Waals surface area (Å²) in [5.41, 5.74) is 7.67. The molecular formula is C21H27N5O3S. The van der Waals surface area contributed by atoms with E-state index in [4.69, 9.17) is 27.4 Å². The average molecular weight is 430 g/mol. The van der Waals surface area contributed by atoms with Crippen molar-refractivity contribution in [3.63, 3.8) is 0 Å². The van der Waals surface area contributed by atoms with Gasteiger partial charge in [0, 0.05) is 35.5 Å². The Morgan fingerprint density at radius 1 is 1.37 bits per heavy atom. The summed E-state index contributed by atoms with van der Waals surface area (Å²) >= 11 is 4.82. The average Bonchev–Trinajstić information content (AvgIpc) is 2.71. The van der Waals surface area contributed by atoms with Gasteiger partial charge in [0.25, 0.3) is 5.91 Å². The maximum absolute atomic E-state index is 12.9. The summed E-state index contributed by atoms with van der Waals surface area (Å²) in [7, 11) is 0. The molecule has 0 spiro atoms. The van der Waals surface area contributed by atoms with Gasteiger partial charge >= 0.3 is 0 Å². The molecule has 9 heteroatoms. The number of nitrogens with two attached hydrogens (primary N) is 1. The number of aryl methyl sites for hydroxylation is 1. The number of nitrogens with zero attached hydrogens (tertiary/aromatic N) is 3. The molecule has 3 N–H and O–H groups in total. The van der Waals surface area contributed by atoms with Crippen molar-refractivity contribution in [2.75, 3.05) is 31.6 Å². The van der Waals surface area contributed by atoms with Crippen molar-refractivity contribution >= 4 is 28.9 Å². The van der Waals surface area contributed by atoms with Crippen molar-refractivity contribution in [2.24, 2.45) is 5.73 Å². The molecule has 0 saturated carbocycles. The molecule has 2 heterocycles. The van der Waals surface area contributed by atoms with Crippen molar-refractivity contribution in [3.8, 4) is 5.88 Å². The van der Waals surface area contributed by atoms with Gasteiger partial charge < -0.3 is 25.4 Å². The van der Waals surface area contributed by atoms with E-state index in [-0.39, 0.29) is 23.0 Å². The Balaban J connectivity index is 1.58. The van der Waals surface area contributed by atoms with E-state index in [9.17, 15) is 4.79 Å². The summed E-state index contributed by atoms with van der Waals surface area (Å²) in [4.78, 5) is 23.5. The van der Waals surface area contributed by atoms with Crippen molar-refractivity contribution in [1.29, 1.82) is 0 Å². The van der Waals surface area contributed by atoms with Crippen molar-refractivity contribution in [3.05, 3.63) is 47.4 Å². The lowest BCUT2D eigenvalue weighted by Crippen LogP contribution is -2.47. The largest absolute Gasteiger partial charge is 0.475 e. The Hall–Kier alpha value is -2.78. The second-order valence-corrected chi connectivity index (χ2v) is 7.92. The molecule has 30 heavy (non-hydrogen) atoms. The number of thiocarbonyl (C=S) groups is 1. The van der Waals surface area contributed by atoms with Gasteiger partial charge in [-0.05, 0) is 43.4 Å². The normalized spacial score (nSPS) is 16.4. The third kappa shape index (κ3) is 5.87. The van der Waals surface area contributed by atoms with E-state index in [1.54, 1.807) is 35.2 Å². The number of ether oxygens (including phenoxy) is 2. The van der Waals surface area contributed by atoms with Gasteiger partial charge in [0.15, 0.2) is 5.11 Å². The SMILES string of the molecule is Cc1cc(OCC2CN(C(=O)c3ccc(NC(N)=S)cc3)CCO2)nc(C(C)C)n1. The van der Waals surface area contributed by atoms with E-state index in [1.165, 1.54) is 0 Å². The molecule has 1 aliphatic heterocycles. The zero-order chi connectivity index (χ0) is 21.7. The van der Waals surface area contributed by atoms with Crippen LogP contribution in [0, 0.1) is 6.92 Å². The van der Waals surface area contributed by atoms with Crippen LogP contribution in [0.25, 0.3) is 0 Å². The lowest BCUT2D eigenvalue weighted by molar-refractivity contribution is -0.0407. The molecule has 1 unspecified atom stereocenters. The molecule has 1 saturated heterocycles. The van der Waals surface area contributed by atoms with E-state index in [0.29, 0.717) is 37.7 Å². The Morgan fingerprint density at radius 3 is 2.77 bits per heavy atom. The molecule has 0 aliphatic carbocycles. The third-order valence-electron chi connectivity index (χ3n) is 4.61. The van der Waals surface area contributed by atoms with Crippen LogP contribution in [-0.4, -0.2) is 58.3 Å². The molecular weight excluding hydrogens is 402 g/mol. The summed E-state index contributed by atoms with van der Waals surface area (Å²) in [6.45, 7) is 7.76. The highest BCUT2D eigenvalue weighted by molar-refractivity contribution is 7.80. The zero-order valence-corrected chi connectivity index (χ0v) is 18.2. The molecule has 8 nitrogen and oxygen atoms in total. The van der Waals surface area contributed by atoms with Crippen LogP contribution in [0.1, 0.15) is 41.6 Å². The number of nitrogens with one attached hydrogen (secondary N) is 1. The number of benzene rings is 1. The molecule has 1 atom stereocenters. The van der Waals surface area contributed by atoms with Crippen LogP contribution in [0.3, 0.4) is 0 Å². The number of carbonyl (C=O) groups excluding carboxylic acids is 1. The minimum absolute atomic E-state index is 0.0508. The highest BCUT2D eigenvalue weighted by atomic mass is 32.1. The zero-order valence-electron chi connectivity index (χ0n) is 17.4. The van der Waals surface area contributed by atoms with Crippen LogP contribution in [-0.2, 0) is 4.74 Å². The molecule has 3 rings (SSSR count). The minimum Gasteiger partial charge on any atom is -0.475 e. The first-order valence-corrected chi connectivity index (χ1v) is 10.3. The highest BCUT2D eigenvalue weighted by Gasteiger charge is 2.26. The van der Waals surface area contributed by atoms with Gasteiger partial charge in [-0.1, -0.05) is 13.8 Å². The molecule has 2 aromatic rings. The van der Waals surface area contributed by atoms with Crippen LogP contribution in [0.4, 0.5) is 5.69 Å². The van der Waals surface area contributed by atoms with Crippen molar-refractivity contribution < 1.29 is 14.3 Å². The fourth-order valence-electron chi connectivity index (χ4n) is 3.10. The maximum Gasteiger partial charge on any atom is 0.254 e.